The van der Waals surface area contributed by atoms with Crippen LogP contribution in [0, 0.1) is 0 Å². The maximum Gasteiger partial charge on any atom is 0.264 e. The van der Waals surface area contributed by atoms with Crippen LogP contribution in [0.3, 0.4) is 0 Å². The van der Waals surface area contributed by atoms with Gasteiger partial charge in [-0.1, -0.05) is 0 Å². The molecule has 0 aromatic carbocycles. The lowest BCUT2D eigenvalue weighted by Crippen LogP contribution is -2.46. The third-order valence-corrected chi connectivity index (χ3v) is 3.28. The van der Waals surface area contributed by atoms with E-state index >= 15 is 0 Å². The Labute approximate surface area is 92.7 Å². The van der Waals surface area contributed by atoms with Gasteiger partial charge in [0.1, 0.15) is 0 Å². The molecule has 90 valence electrons. The first kappa shape index (κ1) is 12.9. The minimum Gasteiger partial charge on any atom is -0.293 e. The Morgan fingerprint density at radius 3 is 2.47 bits per heavy atom. The molecular weight excluding hydrogens is 214 g/mol. The summed E-state index contributed by atoms with van der Waals surface area (Å²) in [5, 5.41) is 0. The molecule has 1 fully saturated rings. The summed E-state index contributed by atoms with van der Waals surface area (Å²) in [5.41, 5.74) is 0.0853. The van der Waals surface area contributed by atoms with Crippen LogP contribution in [0.1, 0.15) is 33.6 Å². The first-order chi connectivity index (χ1) is 6.70. The van der Waals surface area contributed by atoms with Gasteiger partial charge in [-0.05, 0) is 40.2 Å². The van der Waals surface area contributed by atoms with Crippen LogP contribution in [0.15, 0.2) is 0 Å². The lowest BCUT2D eigenvalue weighted by atomic mass is 10.1. The van der Waals surface area contributed by atoms with Crippen LogP contribution in [0.2, 0.25) is 0 Å². The molecule has 0 unspecified atom stereocenters. The summed E-state index contributed by atoms with van der Waals surface area (Å²) in [6.45, 7) is 7.75. The number of hydrogen-bond donors (Lipinski definition) is 0. The Hall–Kier alpha value is -0.130. The number of nitrogens with zero attached hydrogens (tertiary/aromatic N) is 1. The Kier molecular flexibility index (Phi) is 3.79. The van der Waals surface area contributed by atoms with Gasteiger partial charge in [0.05, 0.1) is 12.9 Å². The highest BCUT2D eigenvalue weighted by Gasteiger charge is 2.33. The van der Waals surface area contributed by atoms with Crippen molar-refractivity contribution in [2.24, 2.45) is 0 Å². The van der Waals surface area contributed by atoms with Gasteiger partial charge in [-0.2, -0.15) is 8.42 Å². The smallest absolute Gasteiger partial charge is 0.264 e. The summed E-state index contributed by atoms with van der Waals surface area (Å²) in [4.78, 5) is 2.32. The first-order valence-electron chi connectivity index (χ1n) is 5.31. The molecule has 0 aromatic heterocycles. The van der Waals surface area contributed by atoms with Crippen molar-refractivity contribution in [3.63, 3.8) is 0 Å². The number of likely N-dealkylation sites (tertiary alicyclic amines) is 1. The summed E-state index contributed by atoms with van der Waals surface area (Å²) in [6, 6.07) is 0.236. The molecule has 1 atom stereocenters. The fourth-order valence-corrected chi connectivity index (χ4v) is 2.50. The topological polar surface area (TPSA) is 46.6 Å². The monoisotopic (exact) mass is 235 g/mol. The van der Waals surface area contributed by atoms with E-state index in [2.05, 4.69) is 25.7 Å². The standard InChI is InChI=1S/C10H21NO3S/c1-10(2,3)11-7-5-6-9(11)8-14-15(4,12)13/h9H,5-8H2,1-4H3/t9-/m0/s1. The first-order valence-corrected chi connectivity index (χ1v) is 7.13. The normalized spacial score (nSPS) is 24.7. The zero-order valence-electron chi connectivity index (χ0n) is 9.99. The van der Waals surface area contributed by atoms with Crippen LogP contribution in [-0.2, 0) is 14.3 Å². The van der Waals surface area contributed by atoms with Crippen LogP contribution in [-0.4, -0.2) is 44.3 Å². The predicted octanol–water partition coefficient (Wildman–Crippen LogP) is 1.23. The molecule has 0 aliphatic carbocycles. The third-order valence-electron chi connectivity index (χ3n) is 2.71. The van der Waals surface area contributed by atoms with Crippen molar-refractivity contribution in [3.8, 4) is 0 Å². The van der Waals surface area contributed by atoms with E-state index in [1.165, 1.54) is 0 Å². The molecule has 1 heterocycles. The van der Waals surface area contributed by atoms with Gasteiger partial charge < -0.3 is 0 Å². The zero-order valence-corrected chi connectivity index (χ0v) is 10.8. The lowest BCUT2D eigenvalue weighted by molar-refractivity contribution is 0.0899. The van der Waals surface area contributed by atoms with Crippen molar-refractivity contribution in [2.45, 2.75) is 45.2 Å². The Bertz CT molecular complexity index is 305. The van der Waals surface area contributed by atoms with Gasteiger partial charge in [0.15, 0.2) is 0 Å². The highest BCUT2D eigenvalue weighted by molar-refractivity contribution is 7.85. The minimum absolute atomic E-state index is 0.0853. The SMILES string of the molecule is CC(C)(C)N1CCC[C@H]1COS(C)(=O)=O. The molecule has 0 aromatic rings. The summed E-state index contributed by atoms with van der Waals surface area (Å²) in [7, 11) is -3.31. The second kappa shape index (κ2) is 4.39. The number of rotatable bonds is 3. The van der Waals surface area contributed by atoms with Gasteiger partial charge in [-0.3, -0.25) is 9.08 Å². The van der Waals surface area contributed by atoms with Gasteiger partial charge in [0, 0.05) is 11.6 Å². The minimum atomic E-state index is -3.31. The van der Waals surface area contributed by atoms with E-state index in [1.807, 2.05) is 0 Å². The van der Waals surface area contributed by atoms with Crippen molar-refractivity contribution in [1.82, 2.24) is 4.90 Å². The van der Waals surface area contributed by atoms with E-state index in [0.29, 0.717) is 0 Å². The molecule has 0 radical (unpaired) electrons. The quantitative estimate of drug-likeness (QED) is 0.690. The van der Waals surface area contributed by atoms with E-state index in [-0.39, 0.29) is 18.2 Å². The molecule has 0 bridgehead atoms. The Balaban J connectivity index is 2.55. The molecule has 0 spiro atoms. The molecule has 1 aliphatic heterocycles. The van der Waals surface area contributed by atoms with E-state index in [1.54, 1.807) is 0 Å². The summed E-state index contributed by atoms with van der Waals surface area (Å²) < 4.78 is 26.7. The van der Waals surface area contributed by atoms with E-state index in [0.717, 1.165) is 25.6 Å². The van der Waals surface area contributed by atoms with Crippen LogP contribution < -0.4 is 0 Å². The second-order valence-electron chi connectivity index (χ2n) is 5.15. The third kappa shape index (κ3) is 4.09. The molecular formula is C10H21NO3S. The van der Waals surface area contributed by atoms with Crippen LogP contribution in [0.5, 0.6) is 0 Å². The average Bonchev–Trinajstić information content (AvgIpc) is 2.45. The van der Waals surface area contributed by atoms with Crippen molar-refractivity contribution >= 4 is 10.1 Å². The largest absolute Gasteiger partial charge is 0.293 e. The highest BCUT2D eigenvalue weighted by Crippen LogP contribution is 2.26. The van der Waals surface area contributed by atoms with Gasteiger partial charge in [-0.15, -0.1) is 0 Å². The predicted molar refractivity (Wildman–Crippen MR) is 60.3 cm³/mol. The molecule has 0 N–H and O–H groups in total. The van der Waals surface area contributed by atoms with E-state index < -0.39 is 10.1 Å². The maximum atomic E-state index is 10.9. The second-order valence-corrected chi connectivity index (χ2v) is 6.79. The van der Waals surface area contributed by atoms with Crippen molar-refractivity contribution in [3.05, 3.63) is 0 Å². The zero-order chi connectivity index (χ0) is 11.7. The Morgan fingerprint density at radius 2 is 2.00 bits per heavy atom. The van der Waals surface area contributed by atoms with E-state index in [9.17, 15) is 8.42 Å². The average molecular weight is 235 g/mol. The van der Waals surface area contributed by atoms with Crippen LogP contribution in [0.4, 0.5) is 0 Å². The van der Waals surface area contributed by atoms with Crippen molar-refractivity contribution in [2.75, 3.05) is 19.4 Å². The van der Waals surface area contributed by atoms with Gasteiger partial charge in [-0.25, -0.2) is 0 Å². The molecule has 5 heteroatoms. The molecule has 1 saturated heterocycles. The fourth-order valence-electron chi connectivity index (χ4n) is 2.09. The molecule has 1 rings (SSSR count). The molecule has 1 aliphatic rings. The molecule has 0 amide bonds. The Morgan fingerprint density at radius 1 is 1.40 bits per heavy atom. The highest BCUT2D eigenvalue weighted by atomic mass is 32.2. The summed E-state index contributed by atoms with van der Waals surface area (Å²) in [6.07, 6.45) is 3.24. The fraction of sp³-hybridized carbons (Fsp3) is 1.00. The lowest BCUT2D eigenvalue weighted by Gasteiger charge is -2.36. The van der Waals surface area contributed by atoms with Gasteiger partial charge >= 0.3 is 0 Å². The van der Waals surface area contributed by atoms with E-state index in [4.69, 9.17) is 4.18 Å². The molecule has 0 saturated carbocycles. The molecule has 4 nitrogen and oxygen atoms in total. The van der Waals surface area contributed by atoms with Crippen LogP contribution >= 0.6 is 0 Å². The van der Waals surface area contributed by atoms with Gasteiger partial charge in [0.25, 0.3) is 10.1 Å². The maximum absolute atomic E-state index is 10.9. The summed E-state index contributed by atoms with van der Waals surface area (Å²) in [5.74, 6) is 0. The van der Waals surface area contributed by atoms with Crippen molar-refractivity contribution in [1.29, 1.82) is 0 Å². The van der Waals surface area contributed by atoms with Crippen molar-refractivity contribution < 1.29 is 12.6 Å². The number of hydrogen-bond acceptors (Lipinski definition) is 4. The van der Waals surface area contributed by atoms with Crippen LogP contribution in [0.25, 0.3) is 0 Å². The summed E-state index contributed by atoms with van der Waals surface area (Å²) >= 11 is 0. The molecule has 15 heavy (non-hydrogen) atoms. The van der Waals surface area contributed by atoms with Gasteiger partial charge in [0.2, 0.25) is 0 Å².